The third-order valence-corrected chi connectivity index (χ3v) is 11.9. The van der Waals surface area contributed by atoms with E-state index < -0.39 is 0 Å². The first-order valence-electron chi connectivity index (χ1n) is 20.1. The largest absolute Gasteiger partial charge is 0.208 e. The maximum absolute atomic E-state index is 5.05. The Morgan fingerprint density at radius 3 is 1.08 bits per heavy atom. The molecule has 0 saturated carbocycles. The molecule has 11 rings (SSSR count). The standard InChI is InChI=1S/C54H34N6S/c1-5-17-35(18-6-1)49-55-50(36-19-7-2-8-20-36)58-53(57-49)41-27-15-25-39(31-41)43-33-45(48-44-29-13-14-30-46(44)61-47(48)34-43)40-26-16-28-42(32-40)54-59-51(37-21-9-3-10-22-37)56-52(60-54)38-23-11-4-12-24-38/h1-34H. The molecule has 0 atom stereocenters. The van der Waals surface area contributed by atoms with E-state index in [9.17, 15) is 0 Å². The fourth-order valence-corrected chi connectivity index (χ4v) is 8.96. The van der Waals surface area contributed by atoms with Crippen LogP contribution in [0.1, 0.15) is 0 Å². The molecule has 286 valence electrons. The molecule has 61 heavy (non-hydrogen) atoms. The van der Waals surface area contributed by atoms with E-state index >= 15 is 0 Å². The summed E-state index contributed by atoms with van der Waals surface area (Å²) in [4.78, 5) is 30.0. The minimum absolute atomic E-state index is 0.618. The van der Waals surface area contributed by atoms with Crippen molar-refractivity contribution in [2.75, 3.05) is 0 Å². The first kappa shape index (κ1) is 36.1. The van der Waals surface area contributed by atoms with Gasteiger partial charge in [-0.15, -0.1) is 11.3 Å². The van der Waals surface area contributed by atoms with Gasteiger partial charge in [-0.25, -0.2) is 29.9 Å². The van der Waals surface area contributed by atoms with Gasteiger partial charge in [0, 0.05) is 53.6 Å². The van der Waals surface area contributed by atoms with Gasteiger partial charge in [-0.1, -0.05) is 176 Å². The van der Waals surface area contributed by atoms with Crippen molar-refractivity contribution >= 4 is 31.5 Å². The van der Waals surface area contributed by atoms with Crippen LogP contribution in [0.25, 0.3) is 111 Å². The Balaban J connectivity index is 1.06. The summed E-state index contributed by atoms with van der Waals surface area (Å²) in [5, 5.41) is 2.45. The van der Waals surface area contributed by atoms with Crippen molar-refractivity contribution in [1.82, 2.24) is 29.9 Å². The zero-order chi connectivity index (χ0) is 40.5. The number of hydrogen-bond donors (Lipinski definition) is 0. The third kappa shape index (κ3) is 7.13. The average Bonchev–Trinajstić information content (AvgIpc) is 3.73. The van der Waals surface area contributed by atoms with E-state index in [2.05, 4.69) is 84.9 Å². The minimum Gasteiger partial charge on any atom is -0.208 e. The van der Waals surface area contributed by atoms with Crippen LogP contribution in [0.3, 0.4) is 0 Å². The monoisotopic (exact) mass is 798 g/mol. The highest BCUT2D eigenvalue weighted by atomic mass is 32.1. The molecular formula is C54H34N6S. The van der Waals surface area contributed by atoms with Gasteiger partial charge in [0.05, 0.1) is 0 Å². The molecule has 0 aliphatic heterocycles. The molecule has 3 heterocycles. The van der Waals surface area contributed by atoms with Crippen molar-refractivity contribution in [2.24, 2.45) is 0 Å². The van der Waals surface area contributed by atoms with Crippen LogP contribution in [-0.2, 0) is 0 Å². The van der Waals surface area contributed by atoms with Crippen LogP contribution in [0.15, 0.2) is 206 Å². The maximum atomic E-state index is 5.05. The Hall–Kier alpha value is -8.00. The first-order chi connectivity index (χ1) is 30.2. The lowest BCUT2D eigenvalue weighted by Gasteiger charge is -2.13. The maximum Gasteiger partial charge on any atom is 0.164 e. The number of rotatable bonds is 8. The van der Waals surface area contributed by atoms with E-state index in [4.69, 9.17) is 29.9 Å². The van der Waals surface area contributed by atoms with Gasteiger partial charge < -0.3 is 0 Å². The summed E-state index contributed by atoms with van der Waals surface area (Å²) in [6.45, 7) is 0. The molecule has 8 aromatic carbocycles. The normalized spacial score (nSPS) is 11.3. The fraction of sp³-hybridized carbons (Fsp3) is 0. The van der Waals surface area contributed by atoms with E-state index in [1.54, 1.807) is 0 Å². The quantitative estimate of drug-likeness (QED) is 0.152. The predicted octanol–water partition coefficient (Wildman–Crippen LogP) is 13.8. The Kier molecular flexibility index (Phi) is 9.26. The molecule has 11 aromatic rings. The second-order valence-corrected chi connectivity index (χ2v) is 15.8. The summed E-state index contributed by atoms with van der Waals surface area (Å²) in [6, 6.07) is 70.7. The second-order valence-electron chi connectivity index (χ2n) is 14.7. The molecule has 0 aliphatic carbocycles. The number of thiophene rings is 1. The number of nitrogens with zero attached hydrogens (tertiary/aromatic N) is 6. The summed E-state index contributed by atoms with van der Waals surface area (Å²) in [5.41, 5.74) is 9.93. The predicted molar refractivity (Wildman–Crippen MR) is 250 cm³/mol. The molecule has 6 nitrogen and oxygen atoms in total. The Morgan fingerprint density at radius 2 is 0.607 bits per heavy atom. The molecule has 0 N–H and O–H groups in total. The van der Waals surface area contributed by atoms with E-state index in [1.165, 1.54) is 20.2 Å². The Bertz CT molecular complexity index is 3240. The van der Waals surface area contributed by atoms with Crippen LogP contribution in [0.2, 0.25) is 0 Å². The van der Waals surface area contributed by atoms with Crippen LogP contribution in [0.5, 0.6) is 0 Å². The molecule has 0 radical (unpaired) electrons. The molecule has 0 saturated heterocycles. The Labute approximate surface area is 356 Å². The van der Waals surface area contributed by atoms with Crippen LogP contribution < -0.4 is 0 Å². The van der Waals surface area contributed by atoms with Gasteiger partial charge in [0.1, 0.15) is 0 Å². The highest BCUT2D eigenvalue weighted by molar-refractivity contribution is 7.26. The zero-order valence-electron chi connectivity index (χ0n) is 32.7. The first-order valence-corrected chi connectivity index (χ1v) is 20.9. The zero-order valence-corrected chi connectivity index (χ0v) is 33.5. The molecule has 0 fully saturated rings. The molecule has 0 spiro atoms. The van der Waals surface area contributed by atoms with E-state index in [-0.39, 0.29) is 0 Å². The van der Waals surface area contributed by atoms with Crippen molar-refractivity contribution in [1.29, 1.82) is 0 Å². The van der Waals surface area contributed by atoms with Gasteiger partial charge >= 0.3 is 0 Å². The van der Waals surface area contributed by atoms with Gasteiger partial charge in [0.15, 0.2) is 34.9 Å². The Morgan fingerprint density at radius 1 is 0.246 bits per heavy atom. The SMILES string of the molecule is c1ccc(-c2nc(-c3ccccc3)nc(-c3cccc(-c4cc(-c5cccc(-c6nc(-c7ccccc7)nc(-c7ccccc7)n6)c5)c5c(c4)sc4ccccc45)c3)n2)cc1. The summed E-state index contributed by atoms with van der Waals surface area (Å²) in [5.74, 6) is 3.77. The number of fused-ring (bicyclic) bond motifs is 3. The minimum atomic E-state index is 0.618. The lowest BCUT2D eigenvalue weighted by atomic mass is 9.93. The molecule has 0 amide bonds. The number of benzene rings is 8. The van der Waals surface area contributed by atoms with Gasteiger partial charge in [-0.3, -0.25) is 0 Å². The highest BCUT2D eigenvalue weighted by Gasteiger charge is 2.18. The highest BCUT2D eigenvalue weighted by Crippen LogP contribution is 2.44. The van der Waals surface area contributed by atoms with E-state index in [0.29, 0.717) is 34.9 Å². The lowest BCUT2D eigenvalue weighted by molar-refractivity contribution is 1.07. The summed E-state index contributed by atoms with van der Waals surface area (Å²) in [6.07, 6.45) is 0. The smallest absolute Gasteiger partial charge is 0.164 e. The summed E-state index contributed by atoms with van der Waals surface area (Å²) < 4.78 is 2.45. The summed E-state index contributed by atoms with van der Waals surface area (Å²) >= 11 is 1.81. The van der Waals surface area contributed by atoms with Crippen LogP contribution in [0.4, 0.5) is 0 Å². The van der Waals surface area contributed by atoms with Gasteiger partial charge in [-0.2, -0.15) is 0 Å². The molecule has 0 bridgehead atoms. The van der Waals surface area contributed by atoms with E-state index in [0.717, 1.165) is 55.6 Å². The van der Waals surface area contributed by atoms with Gasteiger partial charge in [0.25, 0.3) is 0 Å². The molecule has 7 heteroatoms. The van der Waals surface area contributed by atoms with Crippen molar-refractivity contribution in [2.45, 2.75) is 0 Å². The van der Waals surface area contributed by atoms with Crippen molar-refractivity contribution in [3.05, 3.63) is 206 Å². The van der Waals surface area contributed by atoms with Crippen molar-refractivity contribution in [3.63, 3.8) is 0 Å². The van der Waals surface area contributed by atoms with Crippen LogP contribution in [-0.4, -0.2) is 29.9 Å². The van der Waals surface area contributed by atoms with E-state index in [1.807, 2.05) is 133 Å². The molecule has 0 unspecified atom stereocenters. The second kappa shape index (κ2) is 15.6. The van der Waals surface area contributed by atoms with Crippen LogP contribution in [0, 0.1) is 0 Å². The van der Waals surface area contributed by atoms with Crippen molar-refractivity contribution < 1.29 is 0 Å². The molecule has 3 aromatic heterocycles. The topological polar surface area (TPSA) is 77.3 Å². The average molecular weight is 799 g/mol. The molecule has 0 aliphatic rings. The van der Waals surface area contributed by atoms with Gasteiger partial charge in [-0.05, 0) is 52.6 Å². The third-order valence-electron chi connectivity index (χ3n) is 10.8. The lowest BCUT2D eigenvalue weighted by Crippen LogP contribution is -2.00. The van der Waals surface area contributed by atoms with Gasteiger partial charge in [0.2, 0.25) is 0 Å². The van der Waals surface area contributed by atoms with Crippen LogP contribution >= 0.6 is 11.3 Å². The number of hydrogen-bond acceptors (Lipinski definition) is 7. The summed E-state index contributed by atoms with van der Waals surface area (Å²) in [7, 11) is 0. The van der Waals surface area contributed by atoms with Crippen molar-refractivity contribution in [3.8, 4) is 90.6 Å². The fourth-order valence-electron chi connectivity index (χ4n) is 7.79. The molecular weight excluding hydrogens is 765 g/mol. The number of aromatic nitrogens is 6.